The molecule has 1 heterocycles. The highest BCUT2D eigenvalue weighted by molar-refractivity contribution is 6.01. The van der Waals surface area contributed by atoms with Gasteiger partial charge in [0.05, 0.1) is 39.5 Å². The third kappa shape index (κ3) is 12.3. The van der Waals surface area contributed by atoms with E-state index in [1.165, 1.54) is 56.9 Å². The largest absolute Gasteiger partial charge is 0.446 e. The molecule has 13 nitrogen and oxygen atoms in total. The van der Waals surface area contributed by atoms with E-state index in [-0.39, 0.29) is 68.1 Å². The monoisotopic (exact) mass is 824 g/mol. The molecular weight excluding hydrogens is 743 g/mol. The van der Waals surface area contributed by atoms with Crippen LogP contribution in [0.4, 0.5) is 4.79 Å². The number of hydroxylamine groups is 2. The molecule has 3 saturated carbocycles. The first-order valence-corrected chi connectivity index (χ1v) is 22.5. The molecule has 13 heteroatoms. The fourth-order valence-corrected chi connectivity index (χ4v) is 11.2. The van der Waals surface area contributed by atoms with Crippen LogP contribution in [0.2, 0.25) is 0 Å². The molecule has 5 aliphatic rings. The lowest BCUT2D eigenvalue weighted by Crippen LogP contribution is -2.51. The van der Waals surface area contributed by atoms with Gasteiger partial charge < -0.3 is 34.4 Å². The van der Waals surface area contributed by atoms with Gasteiger partial charge in [-0.05, 0) is 97.7 Å². The molecule has 336 valence electrons. The zero-order chi connectivity index (χ0) is 41.7. The van der Waals surface area contributed by atoms with Crippen LogP contribution in [-0.4, -0.2) is 93.7 Å². The van der Waals surface area contributed by atoms with E-state index in [1.807, 2.05) is 0 Å². The second-order valence-corrected chi connectivity index (χ2v) is 18.6. The Kier molecular flexibility index (Phi) is 17.5. The SMILES string of the molecule is CC(C)CCC[C@@H](C)[C@H]1CCC2[C@@H]3CC=C4CC(OC(=O)NCCCOCCOCCOCCNC(=O)CCC(=O)ON5C(=O)CCC5=O)CC[C@]4(C)C3CC[C@@]21C.[HH].[HH].[HH].[HH]. The van der Waals surface area contributed by atoms with E-state index in [0.717, 1.165) is 54.8 Å². The lowest BCUT2D eigenvalue weighted by molar-refractivity contribution is -0.197. The molecule has 0 aromatic rings. The molecule has 1 aliphatic heterocycles. The standard InChI is InChI=1S/C45H73N3O10.4H2/c1-31(2)8-6-9-32(3)36-12-13-37-35-11-10-33-30-34(18-20-44(33,4)38(35)19-21-45(36,37)5)57-43(53)47-22-7-24-54-26-28-56-29-27-55-25-23-46-39(49)14-17-42(52)58-48-40(50)15-16-41(48)51;;;;/h10,31-32,34-38H,6-9,11-30H2,1-5H3,(H,46,49)(H,47,53);4*1H/t32-,34?,35+,36-,37?,38?,44+,45-;;;;/m1..../s1. The van der Waals surface area contributed by atoms with Crippen LogP contribution in [-0.2, 0) is 43.0 Å². The summed E-state index contributed by atoms with van der Waals surface area (Å²) in [6.07, 6.45) is 16.3. The van der Waals surface area contributed by atoms with Gasteiger partial charge in [0.15, 0.2) is 0 Å². The number of amides is 4. The van der Waals surface area contributed by atoms with Gasteiger partial charge in [-0.1, -0.05) is 65.5 Å². The van der Waals surface area contributed by atoms with Crippen molar-refractivity contribution < 1.29 is 53.5 Å². The summed E-state index contributed by atoms with van der Waals surface area (Å²) < 4.78 is 22.5. The summed E-state index contributed by atoms with van der Waals surface area (Å²) in [6.45, 7) is 15.5. The number of ether oxygens (including phenoxy) is 4. The maximum atomic E-state index is 12.7. The summed E-state index contributed by atoms with van der Waals surface area (Å²) >= 11 is 0. The van der Waals surface area contributed by atoms with E-state index >= 15 is 0 Å². The topological polar surface area (TPSA) is 159 Å². The fraction of sp³-hybridized carbons (Fsp3) is 0.844. The van der Waals surface area contributed by atoms with Crippen molar-refractivity contribution in [3.05, 3.63) is 11.6 Å². The van der Waals surface area contributed by atoms with Gasteiger partial charge in [0.25, 0.3) is 11.8 Å². The molecule has 3 unspecified atom stereocenters. The van der Waals surface area contributed by atoms with Crippen LogP contribution in [0.5, 0.6) is 0 Å². The van der Waals surface area contributed by atoms with Crippen molar-refractivity contribution in [3.8, 4) is 0 Å². The summed E-state index contributed by atoms with van der Waals surface area (Å²) in [5.74, 6) is 2.61. The van der Waals surface area contributed by atoms with Crippen molar-refractivity contribution in [1.82, 2.24) is 15.7 Å². The van der Waals surface area contributed by atoms with Crippen LogP contribution in [0, 0.1) is 46.3 Å². The summed E-state index contributed by atoms with van der Waals surface area (Å²) in [5, 5.41) is 6.01. The Balaban J connectivity index is 0.00000480. The lowest BCUT2D eigenvalue weighted by Gasteiger charge is -2.58. The van der Waals surface area contributed by atoms with E-state index in [4.69, 9.17) is 23.8 Å². The van der Waals surface area contributed by atoms with Crippen LogP contribution in [0.25, 0.3) is 0 Å². The molecule has 0 aromatic heterocycles. The molecule has 4 aliphatic carbocycles. The van der Waals surface area contributed by atoms with Crippen LogP contribution in [0.15, 0.2) is 11.6 Å². The van der Waals surface area contributed by atoms with Crippen molar-refractivity contribution >= 4 is 29.8 Å². The maximum Gasteiger partial charge on any atom is 0.407 e. The minimum Gasteiger partial charge on any atom is -0.446 e. The molecule has 0 bridgehead atoms. The first kappa shape index (κ1) is 46.0. The lowest BCUT2D eigenvalue weighted by atomic mass is 9.47. The minimum atomic E-state index is -0.815. The van der Waals surface area contributed by atoms with Gasteiger partial charge in [0, 0.05) is 51.1 Å². The first-order valence-electron chi connectivity index (χ1n) is 22.5. The highest BCUT2D eigenvalue weighted by atomic mass is 16.7. The van der Waals surface area contributed by atoms with Crippen molar-refractivity contribution in [2.24, 2.45) is 46.3 Å². The number of fused-ring (bicyclic) bond motifs is 5. The maximum absolute atomic E-state index is 12.7. The molecule has 1 saturated heterocycles. The van der Waals surface area contributed by atoms with E-state index < -0.39 is 17.8 Å². The van der Waals surface area contributed by atoms with Gasteiger partial charge in [-0.3, -0.25) is 14.4 Å². The van der Waals surface area contributed by atoms with Crippen molar-refractivity contribution in [2.75, 3.05) is 52.7 Å². The second kappa shape index (κ2) is 22.0. The van der Waals surface area contributed by atoms with Crippen LogP contribution in [0.1, 0.15) is 143 Å². The minimum absolute atomic E-state index is 0. The summed E-state index contributed by atoms with van der Waals surface area (Å²) in [7, 11) is 0. The number of carbonyl (C=O) groups is 5. The molecule has 5 rings (SSSR count). The molecule has 4 fully saturated rings. The van der Waals surface area contributed by atoms with Crippen LogP contribution >= 0.6 is 0 Å². The number of nitrogens with one attached hydrogen (secondary N) is 2. The molecule has 0 radical (unpaired) electrons. The summed E-state index contributed by atoms with van der Waals surface area (Å²) in [4.78, 5) is 64.1. The van der Waals surface area contributed by atoms with E-state index in [1.54, 1.807) is 0 Å². The van der Waals surface area contributed by atoms with Gasteiger partial charge in [0.2, 0.25) is 5.91 Å². The highest BCUT2D eigenvalue weighted by Crippen LogP contribution is 2.67. The molecule has 4 amide bonds. The normalized spacial score (nSPS) is 29.7. The van der Waals surface area contributed by atoms with Gasteiger partial charge in [-0.25, -0.2) is 9.59 Å². The number of rotatable bonds is 23. The van der Waals surface area contributed by atoms with Crippen LogP contribution < -0.4 is 10.6 Å². The van der Waals surface area contributed by atoms with Crippen molar-refractivity contribution in [1.29, 1.82) is 0 Å². The number of carbonyl (C=O) groups excluding carboxylic acids is 5. The Morgan fingerprint density at radius 1 is 0.810 bits per heavy atom. The zero-order valence-electron chi connectivity index (χ0n) is 36.1. The third-order valence-electron chi connectivity index (χ3n) is 14.3. The van der Waals surface area contributed by atoms with E-state index in [9.17, 15) is 24.0 Å². The molecular formula is C45H81N3O10. The quantitative estimate of drug-likeness (QED) is 0.0587. The second-order valence-electron chi connectivity index (χ2n) is 18.6. The Morgan fingerprint density at radius 2 is 1.52 bits per heavy atom. The van der Waals surface area contributed by atoms with Crippen molar-refractivity contribution in [2.45, 2.75) is 143 Å². The molecule has 0 spiro atoms. The van der Waals surface area contributed by atoms with Gasteiger partial charge in [-0.2, -0.15) is 0 Å². The predicted molar refractivity (Wildman–Crippen MR) is 226 cm³/mol. The van der Waals surface area contributed by atoms with E-state index in [2.05, 4.69) is 51.3 Å². The predicted octanol–water partition coefficient (Wildman–Crippen LogP) is 8.05. The number of nitrogens with zero attached hydrogens (tertiary/aromatic N) is 1. The Bertz CT molecular complexity index is 1440. The summed E-state index contributed by atoms with van der Waals surface area (Å²) in [5.41, 5.74) is 2.27. The summed E-state index contributed by atoms with van der Waals surface area (Å²) in [6, 6.07) is 0. The smallest absolute Gasteiger partial charge is 0.407 e. The Morgan fingerprint density at radius 3 is 2.24 bits per heavy atom. The highest BCUT2D eigenvalue weighted by Gasteiger charge is 2.59. The average Bonchev–Trinajstić information content (AvgIpc) is 3.71. The Hall–Kier alpha value is -3.03. The molecule has 58 heavy (non-hydrogen) atoms. The van der Waals surface area contributed by atoms with Crippen molar-refractivity contribution in [3.63, 3.8) is 0 Å². The number of alkyl carbamates (subject to hydrolysis) is 1. The number of allylic oxidation sites excluding steroid dienone is 1. The molecule has 0 aromatic carbocycles. The molecule has 8 atom stereocenters. The van der Waals surface area contributed by atoms with Gasteiger partial charge in [0.1, 0.15) is 6.10 Å². The number of hydrogen-bond donors (Lipinski definition) is 2. The Labute approximate surface area is 352 Å². The first-order chi connectivity index (χ1) is 27.8. The van der Waals surface area contributed by atoms with Gasteiger partial charge in [-0.15, -0.1) is 5.06 Å². The molecule has 2 N–H and O–H groups in total. The van der Waals surface area contributed by atoms with Gasteiger partial charge >= 0.3 is 12.1 Å². The number of imide groups is 1. The average molecular weight is 824 g/mol. The zero-order valence-corrected chi connectivity index (χ0v) is 36.1. The third-order valence-corrected chi connectivity index (χ3v) is 14.3. The number of hydrogen-bond acceptors (Lipinski definition) is 10. The fourth-order valence-electron chi connectivity index (χ4n) is 11.2. The van der Waals surface area contributed by atoms with E-state index in [0.29, 0.717) is 56.5 Å². The van der Waals surface area contributed by atoms with Crippen LogP contribution in [0.3, 0.4) is 0 Å².